The Kier molecular flexibility index (Phi) is 14.2. The molecule has 1 aliphatic carbocycles. The fourth-order valence-corrected chi connectivity index (χ4v) is 6.02. The van der Waals surface area contributed by atoms with Crippen LogP contribution in [0.2, 0.25) is 0 Å². The van der Waals surface area contributed by atoms with Crippen LogP contribution in [0.1, 0.15) is 128 Å². The summed E-state index contributed by atoms with van der Waals surface area (Å²) in [5.74, 6) is 1.40. The molecule has 33 heavy (non-hydrogen) atoms. The van der Waals surface area contributed by atoms with Gasteiger partial charge >= 0.3 is 0 Å². The van der Waals surface area contributed by atoms with Crippen molar-refractivity contribution in [3.8, 4) is 0 Å². The van der Waals surface area contributed by atoms with Crippen LogP contribution in [0, 0.1) is 0 Å². The van der Waals surface area contributed by atoms with E-state index in [9.17, 15) is 0 Å². The number of hydrogen-bond donors (Lipinski definition) is 0. The lowest BCUT2D eigenvalue weighted by atomic mass is 10.00. The van der Waals surface area contributed by atoms with Gasteiger partial charge in [-0.2, -0.15) is 0 Å². The van der Waals surface area contributed by atoms with Crippen molar-refractivity contribution in [3.05, 3.63) is 0 Å². The monoisotopic (exact) mass is 458 g/mol. The van der Waals surface area contributed by atoms with Crippen molar-refractivity contribution in [3.63, 3.8) is 0 Å². The maximum absolute atomic E-state index is 4.58. The first-order chi connectivity index (χ1) is 16.4. The molecule has 1 saturated heterocycles. The van der Waals surface area contributed by atoms with Crippen molar-refractivity contribution in [2.24, 2.45) is 9.98 Å². The van der Waals surface area contributed by atoms with Gasteiger partial charge in [-0.05, 0) is 70.5 Å². The smallest absolute Gasteiger partial charge is 0.0988 e. The Morgan fingerprint density at radius 1 is 0.576 bits per heavy atom. The number of amidine groups is 1. The van der Waals surface area contributed by atoms with Crippen molar-refractivity contribution in [1.29, 1.82) is 0 Å². The minimum atomic E-state index is 0.864. The lowest BCUT2D eigenvalue weighted by Crippen LogP contribution is -2.37. The van der Waals surface area contributed by atoms with Crippen LogP contribution in [-0.2, 0) is 0 Å². The third-order valence-corrected chi connectivity index (χ3v) is 8.06. The first-order valence-electron chi connectivity index (χ1n) is 14.9. The average molecular weight is 459 g/mol. The molecule has 4 aliphatic rings. The van der Waals surface area contributed by atoms with E-state index in [2.05, 4.69) is 26.0 Å². The molecular formula is C29H54N4. The van der Waals surface area contributed by atoms with Gasteiger partial charge in [0.1, 0.15) is 0 Å². The summed E-state index contributed by atoms with van der Waals surface area (Å²) in [5, 5.41) is 0. The van der Waals surface area contributed by atoms with Gasteiger partial charge in [0.15, 0.2) is 0 Å². The largest absolute Gasteiger partial charge is 0.360 e. The summed E-state index contributed by atoms with van der Waals surface area (Å²) in [6.45, 7) is 7.26. The van der Waals surface area contributed by atoms with Gasteiger partial charge in [0, 0.05) is 45.2 Å². The lowest BCUT2D eigenvalue weighted by Gasteiger charge is -2.32. The molecule has 0 unspecified atom stereocenters. The summed E-state index contributed by atoms with van der Waals surface area (Å²) in [6, 6.07) is 0.864. The van der Waals surface area contributed by atoms with Crippen molar-refractivity contribution in [2.45, 2.75) is 134 Å². The summed E-state index contributed by atoms with van der Waals surface area (Å²) in [7, 11) is 0. The van der Waals surface area contributed by atoms with Gasteiger partial charge in [-0.15, -0.1) is 0 Å². The van der Waals surface area contributed by atoms with Crippen LogP contribution >= 0.6 is 0 Å². The Morgan fingerprint density at radius 2 is 1.18 bits per heavy atom. The van der Waals surface area contributed by atoms with Gasteiger partial charge in [-0.3, -0.25) is 9.98 Å². The molecule has 0 bridgehead atoms. The first-order valence-corrected chi connectivity index (χ1v) is 14.9. The molecule has 1 saturated carbocycles. The summed E-state index contributed by atoms with van der Waals surface area (Å²) in [6.07, 6.45) is 30.0. The van der Waals surface area contributed by atoms with E-state index in [1.54, 1.807) is 0 Å². The predicted molar refractivity (Wildman–Crippen MR) is 145 cm³/mol. The quantitative estimate of drug-likeness (QED) is 0.413. The number of hydrogen-bond acceptors (Lipinski definition) is 4. The Balaban J connectivity index is 0.000000231. The second-order valence-electron chi connectivity index (χ2n) is 10.8. The topological polar surface area (TPSA) is 31.2 Å². The van der Waals surface area contributed by atoms with Gasteiger partial charge in [0.25, 0.3) is 0 Å². The van der Waals surface area contributed by atoms with E-state index in [1.165, 1.54) is 160 Å². The highest BCUT2D eigenvalue weighted by Gasteiger charge is 2.18. The van der Waals surface area contributed by atoms with E-state index in [0.29, 0.717) is 0 Å². The molecule has 190 valence electrons. The van der Waals surface area contributed by atoms with Crippen LogP contribution in [0.15, 0.2) is 9.98 Å². The highest BCUT2D eigenvalue weighted by Crippen LogP contribution is 2.22. The van der Waals surface area contributed by atoms with Gasteiger partial charge in [0.05, 0.1) is 5.84 Å². The lowest BCUT2D eigenvalue weighted by molar-refractivity contribution is 0.167. The Hall–Kier alpha value is -0.900. The molecule has 4 rings (SSSR count). The van der Waals surface area contributed by atoms with Crippen molar-refractivity contribution >= 4 is 12.1 Å². The molecule has 4 nitrogen and oxygen atoms in total. The molecular weight excluding hydrogens is 404 g/mol. The van der Waals surface area contributed by atoms with Crippen LogP contribution in [-0.4, -0.2) is 67.2 Å². The molecule has 0 aromatic carbocycles. The number of nitrogens with zero attached hydrogens (tertiary/aromatic N) is 4. The van der Waals surface area contributed by atoms with Gasteiger partial charge < -0.3 is 9.80 Å². The summed E-state index contributed by atoms with van der Waals surface area (Å²) < 4.78 is 0. The molecule has 2 fully saturated rings. The Bertz CT molecular complexity index is 532. The second kappa shape index (κ2) is 17.5. The third kappa shape index (κ3) is 11.4. The van der Waals surface area contributed by atoms with Gasteiger partial charge in [0.2, 0.25) is 0 Å². The molecule has 0 spiro atoms. The van der Waals surface area contributed by atoms with Crippen molar-refractivity contribution in [1.82, 2.24) is 9.80 Å². The maximum Gasteiger partial charge on any atom is 0.0988 e. The highest BCUT2D eigenvalue weighted by atomic mass is 15.2. The fourth-order valence-electron chi connectivity index (χ4n) is 6.02. The van der Waals surface area contributed by atoms with Crippen LogP contribution < -0.4 is 0 Å². The first kappa shape index (κ1) is 26.7. The van der Waals surface area contributed by atoms with Crippen LogP contribution in [0.25, 0.3) is 0 Å². The Labute approximate surface area is 205 Å². The summed E-state index contributed by atoms with van der Waals surface area (Å²) in [4.78, 5) is 14.5. The van der Waals surface area contributed by atoms with E-state index in [0.717, 1.165) is 19.1 Å². The number of aliphatic imine (C=N–C) groups is 2. The summed E-state index contributed by atoms with van der Waals surface area (Å²) >= 11 is 0. The molecule has 3 aliphatic heterocycles. The zero-order valence-corrected chi connectivity index (χ0v) is 21.8. The molecule has 0 radical (unpaired) electrons. The van der Waals surface area contributed by atoms with Crippen LogP contribution in [0.5, 0.6) is 0 Å². The standard InChI is InChI=1S/C20H38N2.C9H16N2/c1-2-4-6-10-15-20(14-9-5-3-1)22-18-12-8-7-11-16-21-17-13-19-22;1-2-5-9-10-6-4-8-11(9)7-3-1/h16,20H,1-15,17-19H2;1-8H2. The van der Waals surface area contributed by atoms with E-state index < -0.39 is 0 Å². The van der Waals surface area contributed by atoms with Gasteiger partial charge in [-0.25, -0.2) is 0 Å². The highest BCUT2D eigenvalue weighted by molar-refractivity contribution is 5.83. The molecule has 3 heterocycles. The molecule has 0 amide bonds. The van der Waals surface area contributed by atoms with E-state index in [1.807, 2.05) is 0 Å². The van der Waals surface area contributed by atoms with Crippen molar-refractivity contribution in [2.75, 3.05) is 39.3 Å². The fraction of sp³-hybridized carbons (Fsp3) is 0.931. The minimum absolute atomic E-state index is 0.864. The van der Waals surface area contributed by atoms with E-state index in [-0.39, 0.29) is 0 Å². The predicted octanol–water partition coefficient (Wildman–Crippen LogP) is 7.27. The number of fused-ring (bicyclic) bond motifs is 1. The normalized spacial score (nSPS) is 25.8. The zero-order valence-electron chi connectivity index (χ0n) is 21.8. The van der Waals surface area contributed by atoms with E-state index >= 15 is 0 Å². The van der Waals surface area contributed by atoms with Crippen molar-refractivity contribution < 1.29 is 0 Å². The Morgan fingerprint density at radius 3 is 2.00 bits per heavy atom. The molecule has 0 aromatic heterocycles. The molecule has 0 atom stereocenters. The molecule has 0 N–H and O–H groups in total. The zero-order chi connectivity index (χ0) is 22.8. The molecule has 4 heteroatoms. The second-order valence-corrected chi connectivity index (χ2v) is 10.8. The van der Waals surface area contributed by atoms with Crippen LogP contribution in [0.3, 0.4) is 0 Å². The maximum atomic E-state index is 4.58. The van der Waals surface area contributed by atoms with Crippen LogP contribution in [0.4, 0.5) is 0 Å². The van der Waals surface area contributed by atoms with Gasteiger partial charge in [-0.1, -0.05) is 64.2 Å². The average Bonchev–Trinajstić information content (AvgIpc) is 3.14. The number of rotatable bonds is 1. The SMILES string of the molecule is C1=NCCCN(C2CCCCCCCCCC2)CCCCC1.C1CCC2=NCCCN2CC1. The third-order valence-electron chi connectivity index (χ3n) is 8.06. The minimum Gasteiger partial charge on any atom is -0.360 e. The molecule has 0 aromatic rings. The summed E-state index contributed by atoms with van der Waals surface area (Å²) in [5.41, 5.74) is 0. The van der Waals surface area contributed by atoms with E-state index in [4.69, 9.17) is 0 Å².